The zero-order valence-corrected chi connectivity index (χ0v) is 9.15. The number of benzene rings is 1. The van der Waals surface area contributed by atoms with E-state index >= 15 is 0 Å². The number of para-hydroxylation sites is 1. The van der Waals surface area contributed by atoms with E-state index in [2.05, 4.69) is 5.32 Å². The van der Waals surface area contributed by atoms with Crippen LogP contribution in [-0.2, 0) is 0 Å². The fraction of sp³-hybridized carbons (Fsp3) is 0.500. The number of nitrogens with one attached hydrogen (secondary N) is 1. The summed E-state index contributed by atoms with van der Waals surface area (Å²) in [5.74, 6) is 0.898. The molecule has 0 saturated heterocycles. The fourth-order valence-electron chi connectivity index (χ4n) is 1.19. The van der Waals surface area contributed by atoms with Gasteiger partial charge in [0.05, 0.1) is 6.10 Å². The van der Waals surface area contributed by atoms with Gasteiger partial charge in [0.25, 0.3) is 0 Å². The summed E-state index contributed by atoms with van der Waals surface area (Å²) in [6.07, 6.45) is 0.554. The molecule has 1 atom stereocenters. The normalized spacial score (nSPS) is 12.4. The summed E-state index contributed by atoms with van der Waals surface area (Å²) >= 11 is 0. The van der Waals surface area contributed by atoms with Gasteiger partial charge < -0.3 is 15.2 Å². The number of aliphatic hydroxyl groups is 1. The molecule has 0 aliphatic heterocycles. The molecule has 1 aromatic carbocycles. The van der Waals surface area contributed by atoms with E-state index in [9.17, 15) is 0 Å². The molecule has 0 spiro atoms. The highest BCUT2D eigenvalue weighted by Crippen LogP contribution is 2.07. The standard InChI is InChI=1S/C12H19NO2/c1-11(14)7-8-13-9-10-15-12-5-3-2-4-6-12/h2-6,11,13-14H,7-10H2,1H3. The maximum absolute atomic E-state index is 9.02. The number of hydrogen-bond donors (Lipinski definition) is 2. The van der Waals surface area contributed by atoms with E-state index in [1.807, 2.05) is 30.3 Å². The van der Waals surface area contributed by atoms with Gasteiger partial charge in [0.15, 0.2) is 0 Å². The minimum absolute atomic E-state index is 0.229. The first-order valence-corrected chi connectivity index (χ1v) is 5.35. The van der Waals surface area contributed by atoms with Gasteiger partial charge in [0, 0.05) is 6.54 Å². The van der Waals surface area contributed by atoms with Crippen LogP contribution < -0.4 is 10.1 Å². The van der Waals surface area contributed by atoms with E-state index < -0.39 is 0 Å². The molecule has 15 heavy (non-hydrogen) atoms. The Bertz CT molecular complexity index is 249. The molecular formula is C12H19NO2. The van der Waals surface area contributed by atoms with Crippen molar-refractivity contribution in [3.8, 4) is 5.75 Å². The number of aliphatic hydroxyl groups excluding tert-OH is 1. The Morgan fingerprint density at radius 1 is 1.27 bits per heavy atom. The molecule has 0 bridgehead atoms. The van der Waals surface area contributed by atoms with Crippen LogP contribution in [0.4, 0.5) is 0 Å². The second kappa shape index (κ2) is 7.26. The van der Waals surface area contributed by atoms with Gasteiger partial charge in [-0.2, -0.15) is 0 Å². The lowest BCUT2D eigenvalue weighted by atomic mass is 10.3. The van der Waals surface area contributed by atoms with Gasteiger partial charge >= 0.3 is 0 Å². The lowest BCUT2D eigenvalue weighted by molar-refractivity contribution is 0.183. The smallest absolute Gasteiger partial charge is 0.119 e. The zero-order valence-electron chi connectivity index (χ0n) is 9.15. The lowest BCUT2D eigenvalue weighted by Crippen LogP contribution is -2.24. The van der Waals surface area contributed by atoms with Crippen molar-refractivity contribution in [1.29, 1.82) is 0 Å². The van der Waals surface area contributed by atoms with Crippen molar-refractivity contribution in [3.63, 3.8) is 0 Å². The molecule has 3 heteroatoms. The van der Waals surface area contributed by atoms with Gasteiger partial charge in [-0.3, -0.25) is 0 Å². The van der Waals surface area contributed by atoms with Crippen molar-refractivity contribution in [2.45, 2.75) is 19.4 Å². The number of ether oxygens (including phenoxy) is 1. The van der Waals surface area contributed by atoms with Crippen LogP contribution in [0.5, 0.6) is 5.75 Å². The molecule has 0 aliphatic rings. The van der Waals surface area contributed by atoms with Crippen molar-refractivity contribution in [1.82, 2.24) is 5.32 Å². The van der Waals surface area contributed by atoms with E-state index in [1.54, 1.807) is 6.92 Å². The Labute approximate surface area is 91.1 Å². The second-order valence-electron chi connectivity index (χ2n) is 3.55. The second-order valence-corrected chi connectivity index (χ2v) is 3.55. The first-order valence-electron chi connectivity index (χ1n) is 5.35. The molecule has 1 aromatic rings. The Morgan fingerprint density at radius 3 is 2.67 bits per heavy atom. The highest BCUT2D eigenvalue weighted by Gasteiger charge is 1.94. The molecule has 1 rings (SSSR count). The van der Waals surface area contributed by atoms with E-state index in [4.69, 9.17) is 9.84 Å². The maximum Gasteiger partial charge on any atom is 0.119 e. The molecule has 0 saturated carbocycles. The molecule has 0 radical (unpaired) electrons. The summed E-state index contributed by atoms with van der Waals surface area (Å²) in [5.41, 5.74) is 0. The van der Waals surface area contributed by atoms with Gasteiger partial charge in [0.2, 0.25) is 0 Å². The van der Waals surface area contributed by atoms with Crippen molar-refractivity contribution in [2.75, 3.05) is 19.7 Å². The van der Waals surface area contributed by atoms with Crippen molar-refractivity contribution >= 4 is 0 Å². The predicted octanol–water partition coefficient (Wildman–Crippen LogP) is 1.43. The van der Waals surface area contributed by atoms with Crippen LogP contribution in [0.15, 0.2) is 30.3 Å². The summed E-state index contributed by atoms with van der Waals surface area (Å²) in [5, 5.41) is 12.2. The third kappa shape index (κ3) is 6.10. The SMILES string of the molecule is CC(O)CCNCCOc1ccccc1. The van der Waals surface area contributed by atoms with Crippen LogP contribution >= 0.6 is 0 Å². The minimum Gasteiger partial charge on any atom is -0.492 e. The Kier molecular flexibility index (Phi) is 5.81. The lowest BCUT2D eigenvalue weighted by Gasteiger charge is -2.08. The van der Waals surface area contributed by atoms with E-state index in [0.717, 1.165) is 25.3 Å². The van der Waals surface area contributed by atoms with Crippen molar-refractivity contribution in [2.24, 2.45) is 0 Å². The first-order chi connectivity index (χ1) is 7.29. The molecule has 0 aliphatic carbocycles. The quantitative estimate of drug-likeness (QED) is 0.667. The molecule has 3 nitrogen and oxygen atoms in total. The van der Waals surface area contributed by atoms with E-state index in [1.165, 1.54) is 0 Å². The van der Waals surface area contributed by atoms with Gasteiger partial charge in [-0.25, -0.2) is 0 Å². The van der Waals surface area contributed by atoms with Crippen LogP contribution in [0.25, 0.3) is 0 Å². The molecule has 84 valence electrons. The first kappa shape index (κ1) is 12.0. The van der Waals surface area contributed by atoms with Gasteiger partial charge in [-0.05, 0) is 32.0 Å². The van der Waals surface area contributed by atoms with E-state index in [-0.39, 0.29) is 6.10 Å². The molecule has 0 heterocycles. The topological polar surface area (TPSA) is 41.5 Å². The highest BCUT2D eigenvalue weighted by molar-refractivity contribution is 5.20. The fourth-order valence-corrected chi connectivity index (χ4v) is 1.19. The average molecular weight is 209 g/mol. The predicted molar refractivity (Wildman–Crippen MR) is 61.1 cm³/mol. The summed E-state index contributed by atoms with van der Waals surface area (Å²) in [4.78, 5) is 0. The maximum atomic E-state index is 9.02. The third-order valence-corrected chi connectivity index (χ3v) is 2.03. The van der Waals surface area contributed by atoms with Gasteiger partial charge in [-0.15, -0.1) is 0 Å². The average Bonchev–Trinajstić information content (AvgIpc) is 2.24. The monoisotopic (exact) mass is 209 g/mol. The molecule has 1 unspecified atom stereocenters. The van der Waals surface area contributed by atoms with Crippen LogP contribution in [0.1, 0.15) is 13.3 Å². The Hall–Kier alpha value is -1.06. The summed E-state index contributed by atoms with van der Waals surface area (Å²) in [7, 11) is 0. The zero-order chi connectivity index (χ0) is 10.9. The van der Waals surface area contributed by atoms with E-state index in [0.29, 0.717) is 6.61 Å². The van der Waals surface area contributed by atoms with Gasteiger partial charge in [0.1, 0.15) is 12.4 Å². The van der Waals surface area contributed by atoms with Crippen LogP contribution in [0.3, 0.4) is 0 Å². The summed E-state index contributed by atoms with van der Waals surface area (Å²) in [6, 6.07) is 9.76. The molecule has 2 N–H and O–H groups in total. The highest BCUT2D eigenvalue weighted by atomic mass is 16.5. The van der Waals surface area contributed by atoms with Gasteiger partial charge in [-0.1, -0.05) is 18.2 Å². The molecule has 0 fully saturated rings. The summed E-state index contributed by atoms with van der Waals surface area (Å²) < 4.78 is 5.49. The largest absolute Gasteiger partial charge is 0.492 e. The van der Waals surface area contributed by atoms with Crippen LogP contribution in [0, 0.1) is 0 Å². The third-order valence-electron chi connectivity index (χ3n) is 2.03. The Morgan fingerprint density at radius 2 is 2.00 bits per heavy atom. The summed E-state index contributed by atoms with van der Waals surface area (Å²) in [6.45, 7) is 4.09. The van der Waals surface area contributed by atoms with Crippen molar-refractivity contribution in [3.05, 3.63) is 30.3 Å². The molecule has 0 aromatic heterocycles. The van der Waals surface area contributed by atoms with Crippen LogP contribution in [0.2, 0.25) is 0 Å². The van der Waals surface area contributed by atoms with Crippen molar-refractivity contribution < 1.29 is 9.84 Å². The number of rotatable bonds is 7. The Balaban J connectivity index is 1.98. The number of hydrogen-bond acceptors (Lipinski definition) is 3. The van der Waals surface area contributed by atoms with Crippen LogP contribution in [-0.4, -0.2) is 30.9 Å². The molecular weight excluding hydrogens is 190 g/mol. The minimum atomic E-state index is -0.229. The molecule has 0 amide bonds.